The summed E-state index contributed by atoms with van der Waals surface area (Å²) in [6.07, 6.45) is 1.73. The number of methoxy groups -OCH3 is 1. The summed E-state index contributed by atoms with van der Waals surface area (Å²) in [7, 11) is 1.64. The second-order valence-corrected chi connectivity index (χ2v) is 6.79. The van der Waals surface area contributed by atoms with Gasteiger partial charge in [0.05, 0.1) is 25.3 Å². The highest BCUT2D eigenvalue weighted by molar-refractivity contribution is 5.81. The van der Waals surface area contributed by atoms with Crippen molar-refractivity contribution in [1.29, 1.82) is 0 Å². The van der Waals surface area contributed by atoms with Crippen molar-refractivity contribution >= 4 is 5.91 Å². The standard InChI is InChI=1S/C19H30N2O3/c1-13(17-9-5-6-10-18(17)24-4)20-19(23)14(2)21-11-7-8-16(12-21)15(3)22/h5-6,9-10,13-16,22H,7-8,11-12H2,1-4H3,(H,20,23). The Kier molecular flexibility index (Phi) is 6.63. The Labute approximate surface area is 145 Å². The van der Waals surface area contributed by atoms with Crippen LogP contribution in [0, 0.1) is 5.92 Å². The van der Waals surface area contributed by atoms with Crippen molar-refractivity contribution in [2.45, 2.75) is 51.8 Å². The van der Waals surface area contributed by atoms with Crippen molar-refractivity contribution in [3.8, 4) is 5.75 Å². The summed E-state index contributed by atoms with van der Waals surface area (Å²) < 4.78 is 5.38. The van der Waals surface area contributed by atoms with Crippen LogP contribution in [0.2, 0.25) is 0 Å². The van der Waals surface area contributed by atoms with Crippen molar-refractivity contribution in [3.05, 3.63) is 29.8 Å². The number of hydrogen-bond acceptors (Lipinski definition) is 4. The molecule has 1 aromatic rings. The zero-order valence-electron chi connectivity index (χ0n) is 15.2. The Morgan fingerprint density at radius 3 is 2.71 bits per heavy atom. The minimum atomic E-state index is -0.324. The van der Waals surface area contributed by atoms with Gasteiger partial charge in [-0.1, -0.05) is 18.2 Å². The van der Waals surface area contributed by atoms with Crippen LogP contribution in [0.15, 0.2) is 24.3 Å². The van der Waals surface area contributed by atoms with Crippen LogP contribution in [0.5, 0.6) is 5.75 Å². The van der Waals surface area contributed by atoms with Gasteiger partial charge in [0, 0.05) is 12.1 Å². The van der Waals surface area contributed by atoms with Crippen LogP contribution in [-0.2, 0) is 4.79 Å². The van der Waals surface area contributed by atoms with E-state index in [-0.39, 0.29) is 30.0 Å². The number of likely N-dealkylation sites (tertiary alicyclic amines) is 1. The molecule has 4 unspecified atom stereocenters. The maximum Gasteiger partial charge on any atom is 0.237 e. The number of nitrogens with zero attached hydrogens (tertiary/aromatic N) is 1. The average Bonchev–Trinajstić information content (AvgIpc) is 2.60. The molecule has 1 fully saturated rings. The molecule has 1 aliphatic rings. The second kappa shape index (κ2) is 8.49. The summed E-state index contributed by atoms with van der Waals surface area (Å²) in [6, 6.07) is 7.42. The topological polar surface area (TPSA) is 61.8 Å². The van der Waals surface area contributed by atoms with E-state index in [1.807, 2.05) is 45.0 Å². The molecule has 0 radical (unpaired) electrons. The van der Waals surface area contributed by atoms with E-state index in [4.69, 9.17) is 4.74 Å². The Hall–Kier alpha value is -1.59. The van der Waals surface area contributed by atoms with Crippen LogP contribution in [0.4, 0.5) is 0 Å². The molecule has 2 rings (SSSR count). The van der Waals surface area contributed by atoms with Crippen LogP contribution >= 0.6 is 0 Å². The average molecular weight is 334 g/mol. The SMILES string of the molecule is COc1ccccc1C(C)NC(=O)C(C)N1CCCC(C(C)O)C1. The summed E-state index contributed by atoms with van der Waals surface area (Å²) >= 11 is 0. The Balaban J connectivity index is 1.98. The molecule has 4 atom stereocenters. The molecule has 0 saturated carbocycles. The predicted molar refractivity (Wildman–Crippen MR) is 95.0 cm³/mol. The number of amides is 1. The lowest BCUT2D eigenvalue weighted by Crippen LogP contribution is -2.50. The van der Waals surface area contributed by atoms with Crippen LogP contribution in [0.1, 0.15) is 45.2 Å². The van der Waals surface area contributed by atoms with E-state index in [2.05, 4.69) is 10.2 Å². The molecule has 24 heavy (non-hydrogen) atoms. The number of carbonyl (C=O) groups is 1. The van der Waals surface area contributed by atoms with Gasteiger partial charge in [-0.2, -0.15) is 0 Å². The van der Waals surface area contributed by atoms with Gasteiger partial charge in [-0.3, -0.25) is 9.69 Å². The van der Waals surface area contributed by atoms with E-state index >= 15 is 0 Å². The van der Waals surface area contributed by atoms with E-state index in [0.717, 1.165) is 37.2 Å². The lowest BCUT2D eigenvalue weighted by Gasteiger charge is -2.37. The maximum absolute atomic E-state index is 12.6. The molecule has 134 valence electrons. The number of nitrogens with one attached hydrogen (secondary N) is 1. The van der Waals surface area contributed by atoms with Crippen molar-refractivity contribution < 1.29 is 14.6 Å². The minimum absolute atomic E-state index is 0.0136. The minimum Gasteiger partial charge on any atom is -0.496 e. The molecular weight excluding hydrogens is 304 g/mol. The van der Waals surface area contributed by atoms with E-state index in [1.165, 1.54) is 0 Å². The van der Waals surface area contributed by atoms with Gasteiger partial charge in [-0.15, -0.1) is 0 Å². The highest BCUT2D eigenvalue weighted by Crippen LogP contribution is 2.25. The Bertz CT molecular complexity index is 547. The smallest absolute Gasteiger partial charge is 0.237 e. The zero-order valence-corrected chi connectivity index (χ0v) is 15.2. The van der Waals surface area contributed by atoms with E-state index < -0.39 is 0 Å². The van der Waals surface area contributed by atoms with Crippen molar-refractivity contribution in [2.24, 2.45) is 5.92 Å². The van der Waals surface area contributed by atoms with Gasteiger partial charge < -0.3 is 15.2 Å². The van der Waals surface area contributed by atoms with Crippen LogP contribution in [-0.4, -0.2) is 48.3 Å². The van der Waals surface area contributed by atoms with Gasteiger partial charge in [-0.25, -0.2) is 0 Å². The van der Waals surface area contributed by atoms with E-state index in [1.54, 1.807) is 7.11 Å². The number of aliphatic hydroxyl groups excluding tert-OH is 1. The van der Waals surface area contributed by atoms with Gasteiger partial charge in [0.2, 0.25) is 5.91 Å². The summed E-state index contributed by atoms with van der Waals surface area (Å²) in [4.78, 5) is 14.8. The Morgan fingerprint density at radius 2 is 2.04 bits per heavy atom. The van der Waals surface area contributed by atoms with Crippen LogP contribution in [0.3, 0.4) is 0 Å². The van der Waals surface area contributed by atoms with Gasteiger partial charge in [0.1, 0.15) is 5.75 Å². The number of ether oxygens (including phenoxy) is 1. The van der Waals surface area contributed by atoms with Crippen molar-refractivity contribution in [2.75, 3.05) is 20.2 Å². The predicted octanol–water partition coefficient (Wildman–Crippen LogP) is 2.35. The molecule has 1 aromatic carbocycles. The van der Waals surface area contributed by atoms with Crippen molar-refractivity contribution in [1.82, 2.24) is 10.2 Å². The number of benzene rings is 1. The lowest BCUT2D eigenvalue weighted by atomic mass is 9.92. The fourth-order valence-corrected chi connectivity index (χ4v) is 3.39. The quantitative estimate of drug-likeness (QED) is 0.838. The number of carbonyl (C=O) groups excluding carboxylic acids is 1. The molecule has 0 spiro atoms. The molecule has 1 heterocycles. The van der Waals surface area contributed by atoms with E-state index in [0.29, 0.717) is 0 Å². The number of rotatable bonds is 6. The zero-order chi connectivity index (χ0) is 17.7. The molecule has 0 aromatic heterocycles. The summed E-state index contributed by atoms with van der Waals surface area (Å²) in [5.74, 6) is 1.05. The first kappa shape index (κ1) is 18.7. The summed E-state index contributed by atoms with van der Waals surface area (Å²) in [6.45, 7) is 7.42. The molecule has 0 bridgehead atoms. The van der Waals surface area contributed by atoms with E-state index in [9.17, 15) is 9.90 Å². The first-order chi connectivity index (χ1) is 11.4. The number of aliphatic hydroxyl groups is 1. The van der Waals surface area contributed by atoms with Crippen LogP contribution in [0.25, 0.3) is 0 Å². The maximum atomic E-state index is 12.6. The van der Waals surface area contributed by atoms with Crippen LogP contribution < -0.4 is 10.1 Å². The molecule has 1 saturated heterocycles. The third kappa shape index (κ3) is 4.48. The monoisotopic (exact) mass is 334 g/mol. The summed E-state index contributed by atoms with van der Waals surface area (Å²) in [5.41, 5.74) is 0.973. The molecule has 0 aliphatic carbocycles. The highest BCUT2D eigenvalue weighted by Gasteiger charge is 2.30. The third-order valence-corrected chi connectivity index (χ3v) is 5.06. The molecule has 1 amide bonds. The van der Waals surface area contributed by atoms with Gasteiger partial charge >= 0.3 is 0 Å². The largest absolute Gasteiger partial charge is 0.496 e. The Morgan fingerprint density at radius 1 is 1.33 bits per heavy atom. The number of piperidine rings is 1. The van der Waals surface area contributed by atoms with Crippen molar-refractivity contribution in [3.63, 3.8) is 0 Å². The first-order valence-corrected chi connectivity index (χ1v) is 8.79. The third-order valence-electron chi connectivity index (χ3n) is 5.06. The summed E-state index contributed by atoms with van der Waals surface area (Å²) in [5, 5.41) is 12.9. The highest BCUT2D eigenvalue weighted by atomic mass is 16.5. The fraction of sp³-hybridized carbons (Fsp3) is 0.632. The lowest BCUT2D eigenvalue weighted by molar-refractivity contribution is -0.127. The first-order valence-electron chi connectivity index (χ1n) is 8.79. The molecule has 2 N–H and O–H groups in total. The second-order valence-electron chi connectivity index (χ2n) is 6.79. The normalized spacial score (nSPS) is 22.5. The molecule has 5 nitrogen and oxygen atoms in total. The molecule has 5 heteroatoms. The molecule has 1 aliphatic heterocycles. The number of hydrogen-bond donors (Lipinski definition) is 2. The number of para-hydroxylation sites is 1. The van der Waals surface area contributed by atoms with Gasteiger partial charge in [-0.05, 0) is 52.1 Å². The molecular formula is C19H30N2O3. The van der Waals surface area contributed by atoms with Gasteiger partial charge in [0.25, 0.3) is 0 Å². The van der Waals surface area contributed by atoms with Gasteiger partial charge in [0.15, 0.2) is 0 Å². The fourth-order valence-electron chi connectivity index (χ4n) is 3.39.